The lowest BCUT2D eigenvalue weighted by molar-refractivity contribution is -0.129. The second kappa shape index (κ2) is 5.98. The van der Waals surface area contributed by atoms with E-state index in [0.717, 1.165) is 5.56 Å². The standard InChI is InChI=1S/C15H15NO2/c17-14(13-9-5-2-6-10-13)15(18)16-11-12-7-3-1-4-8-12/h1-10,14,17H,11H2,(H,16,18)/t14-/m1/s1. The highest BCUT2D eigenvalue weighted by Crippen LogP contribution is 2.12. The average Bonchev–Trinajstić information content (AvgIpc) is 2.46. The maximum Gasteiger partial charge on any atom is 0.253 e. The molecule has 1 atom stereocenters. The van der Waals surface area contributed by atoms with E-state index in [1.54, 1.807) is 24.3 Å². The van der Waals surface area contributed by atoms with E-state index in [2.05, 4.69) is 5.32 Å². The lowest BCUT2D eigenvalue weighted by Gasteiger charge is -2.11. The minimum atomic E-state index is -1.12. The van der Waals surface area contributed by atoms with Gasteiger partial charge in [0.05, 0.1) is 0 Å². The fourth-order valence-corrected chi connectivity index (χ4v) is 1.67. The Morgan fingerprint density at radius 1 is 1.00 bits per heavy atom. The Morgan fingerprint density at radius 2 is 1.56 bits per heavy atom. The van der Waals surface area contributed by atoms with Crippen LogP contribution in [0, 0.1) is 0 Å². The largest absolute Gasteiger partial charge is 0.378 e. The van der Waals surface area contributed by atoms with Gasteiger partial charge in [0.1, 0.15) is 0 Å². The summed E-state index contributed by atoms with van der Waals surface area (Å²) in [5, 5.41) is 12.6. The molecule has 0 unspecified atom stereocenters. The molecule has 0 aromatic heterocycles. The molecule has 2 rings (SSSR count). The molecule has 0 aliphatic carbocycles. The number of carbonyl (C=O) groups excluding carboxylic acids is 1. The summed E-state index contributed by atoms with van der Waals surface area (Å²) in [5.41, 5.74) is 1.61. The summed E-state index contributed by atoms with van der Waals surface area (Å²) < 4.78 is 0. The molecule has 0 bridgehead atoms. The molecule has 3 heteroatoms. The van der Waals surface area contributed by atoms with Crippen LogP contribution in [0.2, 0.25) is 0 Å². The molecular weight excluding hydrogens is 226 g/mol. The quantitative estimate of drug-likeness (QED) is 0.860. The van der Waals surface area contributed by atoms with Crippen molar-refractivity contribution in [3.63, 3.8) is 0 Å². The van der Waals surface area contributed by atoms with Gasteiger partial charge in [0.15, 0.2) is 6.10 Å². The van der Waals surface area contributed by atoms with Gasteiger partial charge in [-0.05, 0) is 11.1 Å². The zero-order chi connectivity index (χ0) is 12.8. The average molecular weight is 241 g/mol. The summed E-state index contributed by atoms with van der Waals surface area (Å²) in [6.07, 6.45) is -1.12. The highest BCUT2D eigenvalue weighted by molar-refractivity contribution is 5.81. The zero-order valence-corrected chi connectivity index (χ0v) is 9.91. The van der Waals surface area contributed by atoms with E-state index in [1.165, 1.54) is 0 Å². The maximum atomic E-state index is 11.8. The molecular formula is C15H15NO2. The number of rotatable bonds is 4. The molecule has 18 heavy (non-hydrogen) atoms. The van der Waals surface area contributed by atoms with Gasteiger partial charge in [-0.3, -0.25) is 4.79 Å². The summed E-state index contributed by atoms with van der Waals surface area (Å²) in [6.45, 7) is 0.420. The Kier molecular flexibility index (Phi) is 4.10. The third-order valence-electron chi connectivity index (χ3n) is 2.67. The van der Waals surface area contributed by atoms with Gasteiger partial charge in [-0.2, -0.15) is 0 Å². The number of hydrogen-bond acceptors (Lipinski definition) is 2. The Hall–Kier alpha value is -2.13. The number of aliphatic hydroxyl groups excluding tert-OH is 1. The van der Waals surface area contributed by atoms with Crippen LogP contribution in [0.25, 0.3) is 0 Å². The molecule has 0 saturated heterocycles. The Labute approximate surface area is 106 Å². The number of hydrogen-bond donors (Lipinski definition) is 2. The van der Waals surface area contributed by atoms with Crippen LogP contribution >= 0.6 is 0 Å². The highest BCUT2D eigenvalue weighted by Gasteiger charge is 2.16. The van der Waals surface area contributed by atoms with Crippen molar-refractivity contribution in [3.8, 4) is 0 Å². The second-order valence-corrected chi connectivity index (χ2v) is 4.02. The Balaban J connectivity index is 1.93. The molecule has 0 radical (unpaired) electrons. The number of benzene rings is 2. The second-order valence-electron chi connectivity index (χ2n) is 4.02. The third-order valence-corrected chi connectivity index (χ3v) is 2.67. The summed E-state index contributed by atoms with van der Waals surface area (Å²) in [4.78, 5) is 11.8. The van der Waals surface area contributed by atoms with Crippen molar-refractivity contribution < 1.29 is 9.90 Å². The van der Waals surface area contributed by atoms with Crippen molar-refractivity contribution >= 4 is 5.91 Å². The number of aliphatic hydroxyl groups is 1. The first-order valence-corrected chi connectivity index (χ1v) is 5.82. The SMILES string of the molecule is O=C(NCc1ccccc1)[C@H](O)c1ccccc1. The monoisotopic (exact) mass is 241 g/mol. The van der Waals surface area contributed by atoms with Crippen molar-refractivity contribution in [2.45, 2.75) is 12.6 Å². The predicted octanol–water partition coefficient (Wildman–Crippen LogP) is 2.04. The minimum Gasteiger partial charge on any atom is -0.378 e. The summed E-state index contributed by atoms with van der Waals surface area (Å²) in [7, 11) is 0. The van der Waals surface area contributed by atoms with E-state index in [4.69, 9.17) is 0 Å². The van der Waals surface area contributed by atoms with Crippen molar-refractivity contribution in [2.75, 3.05) is 0 Å². The highest BCUT2D eigenvalue weighted by atomic mass is 16.3. The van der Waals surface area contributed by atoms with Gasteiger partial charge in [-0.15, -0.1) is 0 Å². The zero-order valence-electron chi connectivity index (χ0n) is 9.91. The van der Waals surface area contributed by atoms with Crippen LogP contribution in [-0.2, 0) is 11.3 Å². The maximum absolute atomic E-state index is 11.8. The normalized spacial score (nSPS) is 11.8. The molecule has 0 saturated carbocycles. The van der Waals surface area contributed by atoms with Gasteiger partial charge < -0.3 is 10.4 Å². The Morgan fingerprint density at radius 3 is 2.17 bits per heavy atom. The van der Waals surface area contributed by atoms with Crippen molar-refractivity contribution in [1.82, 2.24) is 5.32 Å². The minimum absolute atomic E-state index is 0.384. The van der Waals surface area contributed by atoms with Gasteiger partial charge in [-0.25, -0.2) is 0 Å². The van der Waals surface area contributed by atoms with Crippen molar-refractivity contribution in [2.24, 2.45) is 0 Å². The first kappa shape index (κ1) is 12.3. The number of carbonyl (C=O) groups is 1. The third kappa shape index (κ3) is 3.18. The van der Waals surface area contributed by atoms with E-state index in [0.29, 0.717) is 12.1 Å². The van der Waals surface area contributed by atoms with Crippen LogP contribution in [-0.4, -0.2) is 11.0 Å². The molecule has 92 valence electrons. The topological polar surface area (TPSA) is 49.3 Å². The first-order chi connectivity index (χ1) is 8.77. The van der Waals surface area contributed by atoms with Gasteiger partial charge in [0.25, 0.3) is 5.91 Å². The van der Waals surface area contributed by atoms with Crippen LogP contribution in [0.5, 0.6) is 0 Å². The first-order valence-electron chi connectivity index (χ1n) is 5.82. The molecule has 2 aromatic carbocycles. The van der Waals surface area contributed by atoms with E-state index in [1.807, 2.05) is 36.4 Å². The molecule has 0 aliphatic heterocycles. The van der Waals surface area contributed by atoms with Gasteiger partial charge in [-0.1, -0.05) is 60.7 Å². The predicted molar refractivity (Wildman–Crippen MR) is 69.7 cm³/mol. The van der Waals surface area contributed by atoms with Crippen LogP contribution in [0.4, 0.5) is 0 Å². The smallest absolute Gasteiger partial charge is 0.253 e. The van der Waals surface area contributed by atoms with Crippen molar-refractivity contribution in [1.29, 1.82) is 0 Å². The van der Waals surface area contributed by atoms with Crippen LogP contribution < -0.4 is 5.32 Å². The van der Waals surface area contributed by atoms with Gasteiger partial charge >= 0.3 is 0 Å². The van der Waals surface area contributed by atoms with Crippen LogP contribution in [0.15, 0.2) is 60.7 Å². The van der Waals surface area contributed by atoms with Crippen LogP contribution in [0.1, 0.15) is 17.2 Å². The molecule has 0 aliphatic rings. The molecule has 3 nitrogen and oxygen atoms in total. The molecule has 1 amide bonds. The fraction of sp³-hybridized carbons (Fsp3) is 0.133. The molecule has 0 fully saturated rings. The van der Waals surface area contributed by atoms with Gasteiger partial charge in [0, 0.05) is 6.54 Å². The van der Waals surface area contributed by atoms with E-state index in [-0.39, 0.29) is 5.91 Å². The van der Waals surface area contributed by atoms with E-state index >= 15 is 0 Å². The molecule has 2 N–H and O–H groups in total. The molecule has 2 aromatic rings. The molecule has 0 heterocycles. The Bertz CT molecular complexity index is 496. The van der Waals surface area contributed by atoms with Crippen LogP contribution in [0.3, 0.4) is 0 Å². The lowest BCUT2D eigenvalue weighted by atomic mass is 10.1. The van der Waals surface area contributed by atoms with E-state index in [9.17, 15) is 9.90 Å². The fourth-order valence-electron chi connectivity index (χ4n) is 1.67. The summed E-state index contributed by atoms with van der Waals surface area (Å²) in [6, 6.07) is 18.5. The van der Waals surface area contributed by atoms with Crippen molar-refractivity contribution in [3.05, 3.63) is 71.8 Å². The number of nitrogens with one attached hydrogen (secondary N) is 1. The lowest BCUT2D eigenvalue weighted by Crippen LogP contribution is -2.28. The van der Waals surface area contributed by atoms with E-state index < -0.39 is 6.10 Å². The number of amides is 1. The molecule has 0 spiro atoms. The van der Waals surface area contributed by atoms with Gasteiger partial charge in [0.2, 0.25) is 0 Å². The summed E-state index contributed by atoms with van der Waals surface area (Å²) in [5.74, 6) is -0.384. The summed E-state index contributed by atoms with van der Waals surface area (Å²) >= 11 is 0.